The minimum absolute atomic E-state index is 0.0591. The molecule has 1 aromatic heterocycles. The number of carbonyl (C=O) groups excluding carboxylic acids is 1. The van der Waals surface area contributed by atoms with Gasteiger partial charge in [-0.05, 0) is 0 Å². The number of methoxy groups -OCH3 is 1. The van der Waals surface area contributed by atoms with Crippen LogP contribution in [0.3, 0.4) is 0 Å². The van der Waals surface area contributed by atoms with E-state index < -0.39 is 66.8 Å². The van der Waals surface area contributed by atoms with Crippen molar-refractivity contribution in [2.75, 3.05) is 13.7 Å². The van der Waals surface area contributed by atoms with Gasteiger partial charge in [0.25, 0.3) is 0 Å². The van der Waals surface area contributed by atoms with Crippen LogP contribution in [0.1, 0.15) is 32.0 Å². The number of alkyl halides is 2. The third-order valence-electron chi connectivity index (χ3n) is 4.82. The van der Waals surface area contributed by atoms with Crippen LogP contribution in [0.4, 0.5) is 8.78 Å². The lowest BCUT2D eigenvalue weighted by atomic mass is 9.84. The van der Waals surface area contributed by atoms with Gasteiger partial charge in [-0.1, -0.05) is 19.1 Å². The summed E-state index contributed by atoms with van der Waals surface area (Å²) in [6.45, 7) is 2.02. The zero-order valence-corrected chi connectivity index (χ0v) is 17.1. The van der Waals surface area contributed by atoms with Crippen molar-refractivity contribution in [3.63, 3.8) is 0 Å². The first-order valence-electron chi connectivity index (χ1n) is 9.37. The van der Waals surface area contributed by atoms with Gasteiger partial charge in [0.1, 0.15) is 17.8 Å². The fourth-order valence-corrected chi connectivity index (χ4v) is 3.24. The van der Waals surface area contributed by atoms with Crippen molar-refractivity contribution < 1.29 is 48.3 Å². The molecule has 12 nitrogen and oxygen atoms in total. The first-order chi connectivity index (χ1) is 14.4. The molecule has 2 heterocycles. The van der Waals surface area contributed by atoms with E-state index in [0.717, 1.165) is 10.9 Å². The molecule has 1 aliphatic heterocycles. The number of nitrogens with zero attached hydrogens (tertiary/aromatic N) is 3. The van der Waals surface area contributed by atoms with Gasteiger partial charge in [-0.15, -0.1) is 5.10 Å². The molecule has 1 amide bonds. The molecule has 1 saturated heterocycles. The van der Waals surface area contributed by atoms with E-state index in [1.165, 1.54) is 21.0 Å². The van der Waals surface area contributed by atoms with Gasteiger partial charge in [0.15, 0.2) is 12.0 Å². The summed E-state index contributed by atoms with van der Waals surface area (Å²) in [6.07, 6.45) is -4.50. The maximum absolute atomic E-state index is 15.3. The van der Waals surface area contributed by atoms with Crippen LogP contribution in [0.2, 0.25) is 0 Å². The van der Waals surface area contributed by atoms with E-state index in [4.69, 9.17) is 9.84 Å². The minimum Gasteiger partial charge on any atom is -0.477 e. The Labute approximate surface area is 175 Å². The largest absolute Gasteiger partial charge is 0.477 e. The molecule has 0 spiro atoms. The average Bonchev–Trinajstić information content (AvgIpc) is 3.14. The van der Waals surface area contributed by atoms with Crippen molar-refractivity contribution in [3.05, 3.63) is 11.9 Å². The van der Waals surface area contributed by atoms with E-state index in [1.54, 1.807) is 0 Å². The molecule has 0 aromatic carbocycles. The zero-order valence-electron chi connectivity index (χ0n) is 17.1. The smallest absolute Gasteiger partial charge is 0.373 e. The second-order valence-corrected chi connectivity index (χ2v) is 7.59. The number of rotatable bonds is 9. The number of halogens is 2. The molecule has 3 unspecified atom stereocenters. The predicted octanol–water partition coefficient (Wildman–Crippen LogP) is -1.34. The molecular weight excluding hydrogens is 426 g/mol. The Morgan fingerprint density at radius 2 is 2.10 bits per heavy atom. The Balaban J connectivity index is 2.63. The molecular formula is C17H26F2N4O8. The van der Waals surface area contributed by atoms with E-state index in [2.05, 4.69) is 20.4 Å². The topological polar surface area (TPSA) is 176 Å². The van der Waals surface area contributed by atoms with Crippen molar-refractivity contribution in [2.24, 2.45) is 5.92 Å². The van der Waals surface area contributed by atoms with Crippen LogP contribution >= 0.6 is 0 Å². The SMILES string of the molecule is COCc1cn(C2C(F)[C@](F)(C(=O)O)O[C@@](O)(C[C@H](O)CO)C2NC(=O)C(C)C)nn1. The number of aromatic nitrogens is 3. The fourth-order valence-electron chi connectivity index (χ4n) is 3.24. The number of amides is 1. The lowest BCUT2D eigenvalue weighted by molar-refractivity contribution is -0.366. The summed E-state index contributed by atoms with van der Waals surface area (Å²) in [5, 5.41) is 49.0. The van der Waals surface area contributed by atoms with Crippen LogP contribution in [-0.2, 0) is 25.7 Å². The Morgan fingerprint density at radius 1 is 1.45 bits per heavy atom. The second-order valence-electron chi connectivity index (χ2n) is 7.59. The van der Waals surface area contributed by atoms with Gasteiger partial charge in [0.2, 0.25) is 5.91 Å². The van der Waals surface area contributed by atoms with E-state index >= 15 is 8.78 Å². The van der Waals surface area contributed by atoms with Gasteiger partial charge in [-0.2, -0.15) is 4.39 Å². The predicted molar refractivity (Wildman–Crippen MR) is 96.7 cm³/mol. The summed E-state index contributed by atoms with van der Waals surface area (Å²) in [5.74, 6) is -10.8. The van der Waals surface area contributed by atoms with E-state index in [0.29, 0.717) is 0 Å². The first-order valence-corrected chi connectivity index (χ1v) is 9.37. The summed E-state index contributed by atoms with van der Waals surface area (Å²) in [6, 6.07) is -3.77. The number of carboxylic acid groups (broad SMARTS) is 1. The number of hydrogen-bond donors (Lipinski definition) is 5. The van der Waals surface area contributed by atoms with Crippen LogP contribution in [0.25, 0.3) is 0 Å². The molecule has 2 rings (SSSR count). The van der Waals surface area contributed by atoms with Crippen LogP contribution in [0.5, 0.6) is 0 Å². The number of hydrogen-bond acceptors (Lipinski definition) is 9. The molecule has 176 valence electrons. The van der Waals surface area contributed by atoms with Crippen molar-refractivity contribution >= 4 is 11.9 Å². The van der Waals surface area contributed by atoms with Crippen molar-refractivity contribution in [1.29, 1.82) is 0 Å². The molecule has 14 heteroatoms. The van der Waals surface area contributed by atoms with Crippen molar-refractivity contribution in [3.8, 4) is 0 Å². The van der Waals surface area contributed by atoms with Crippen molar-refractivity contribution in [1.82, 2.24) is 20.3 Å². The summed E-state index contributed by atoms with van der Waals surface area (Å²) in [7, 11) is 1.35. The number of aliphatic carboxylic acids is 1. The Bertz CT molecular complexity index is 796. The average molecular weight is 452 g/mol. The number of aliphatic hydroxyl groups is 3. The lowest BCUT2D eigenvalue weighted by Gasteiger charge is -2.50. The van der Waals surface area contributed by atoms with Gasteiger partial charge >= 0.3 is 11.8 Å². The number of carboxylic acids is 1. The van der Waals surface area contributed by atoms with Crippen LogP contribution in [0, 0.1) is 5.92 Å². The third-order valence-corrected chi connectivity index (χ3v) is 4.82. The van der Waals surface area contributed by atoms with Crippen LogP contribution in [0.15, 0.2) is 6.20 Å². The zero-order chi connectivity index (χ0) is 23.6. The standard InChI is InChI=1S/C17H26F2N4O8/c1-8(2)14(26)20-13-11(23-5-9(7-30-3)21-22-23)12(18)17(19,15(27)28)31-16(13,29)4-10(25)6-24/h5,8,10-13,24-25,29H,4,6-7H2,1-3H3,(H,20,26)(H,27,28)/t10-,11?,12?,13?,16-,17+/m0/s1. The summed E-state index contributed by atoms with van der Waals surface area (Å²) in [4.78, 5) is 23.9. The maximum atomic E-state index is 15.3. The summed E-state index contributed by atoms with van der Waals surface area (Å²) < 4.78 is 40.8. The highest BCUT2D eigenvalue weighted by Gasteiger charge is 2.67. The highest BCUT2D eigenvalue weighted by atomic mass is 19.2. The van der Waals surface area contributed by atoms with Gasteiger partial charge in [0, 0.05) is 19.4 Å². The maximum Gasteiger partial charge on any atom is 0.373 e. The third kappa shape index (κ3) is 4.98. The fraction of sp³-hybridized carbons (Fsp3) is 0.765. The van der Waals surface area contributed by atoms with Crippen LogP contribution < -0.4 is 5.32 Å². The summed E-state index contributed by atoms with van der Waals surface area (Å²) in [5.41, 5.74) is 0.175. The Kier molecular flexibility index (Phi) is 7.65. The molecule has 0 radical (unpaired) electrons. The molecule has 1 fully saturated rings. The summed E-state index contributed by atoms with van der Waals surface area (Å²) >= 11 is 0. The van der Waals surface area contributed by atoms with Gasteiger partial charge < -0.3 is 30.5 Å². The quantitative estimate of drug-likeness (QED) is 0.301. The minimum atomic E-state index is -4.07. The molecule has 1 aromatic rings. The number of carbonyl (C=O) groups is 2. The second kappa shape index (κ2) is 9.48. The molecule has 1 aliphatic rings. The molecule has 5 N–H and O–H groups in total. The molecule has 31 heavy (non-hydrogen) atoms. The number of ether oxygens (including phenoxy) is 2. The number of aliphatic hydroxyl groups excluding tert-OH is 2. The number of nitrogens with one attached hydrogen (secondary N) is 1. The van der Waals surface area contributed by atoms with E-state index in [-0.39, 0.29) is 12.3 Å². The molecule has 0 bridgehead atoms. The van der Waals surface area contributed by atoms with Gasteiger partial charge in [-0.3, -0.25) is 9.53 Å². The van der Waals surface area contributed by atoms with E-state index in [1.807, 2.05) is 0 Å². The Hall–Kier alpha value is -2.26. The van der Waals surface area contributed by atoms with Crippen molar-refractivity contribution in [2.45, 2.75) is 62.9 Å². The molecule has 6 atom stereocenters. The monoisotopic (exact) mass is 452 g/mol. The Morgan fingerprint density at radius 3 is 2.61 bits per heavy atom. The van der Waals surface area contributed by atoms with Gasteiger partial charge in [0.05, 0.1) is 25.5 Å². The van der Waals surface area contributed by atoms with Crippen LogP contribution in [-0.4, -0.2) is 91.0 Å². The lowest BCUT2D eigenvalue weighted by Crippen LogP contribution is -2.72. The first kappa shape index (κ1) is 25.0. The van der Waals surface area contributed by atoms with Gasteiger partial charge in [-0.25, -0.2) is 13.9 Å². The van der Waals surface area contributed by atoms with E-state index in [9.17, 15) is 24.9 Å². The molecule has 0 aliphatic carbocycles. The highest BCUT2D eigenvalue weighted by Crippen LogP contribution is 2.45. The normalized spacial score (nSPS) is 32.1. The molecule has 0 saturated carbocycles. The highest BCUT2D eigenvalue weighted by molar-refractivity contribution is 5.79.